The number of amides is 3. The van der Waals surface area contributed by atoms with Gasteiger partial charge in [-0.3, -0.25) is 24.0 Å². The van der Waals surface area contributed by atoms with Gasteiger partial charge in [0.1, 0.15) is 18.6 Å². The van der Waals surface area contributed by atoms with Crippen molar-refractivity contribution in [1.29, 1.82) is 0 Å². The molecule has 0 aliphatic carbocycles. The van der Waals surface area contributed by atoms with E-state index in [-0.39, 0.29) is 18.3 Å². The molecular weight excluding hydrogens is 396 g/mol. The molecule has 0 saturated heterocycles. The highest BCUT2D eigenvalue weighted by Gasteiger charge is 2.32. The van der Waals surface area contributed by atoms with Crippen LogP contribution in [0.3, 0.4) is 0 Å². The predicted molar refractivity (Wildman–Crippen MR) is 108 cm³/mol. The van der Waals surface area contributed by atoms with Crippen molar-refractivity contribution in [2.45, 2.75) is 71.5 Å². The van der Waals surface area contributed by atoms with Gasteiger partial charge in [-0.15, -0.1) is 0 Å². The lowest BCUT2D eigenvalue weighted by Gasteiger charge is -2.28. The molecule has 5 atom stereocenters. The minimum atomic E-state index is -1.28. The molecule has 0 saturated carbocycles. The average molecular weight is 431 g/mol. The summed E-state index contributed by atoms with van der Waals surface area (Å²) in [5, 5.41) is 24.8. The second kappa shape index (κ2) is 13.5. The molecule has 11 heteroatoms. The second-order valence-corrected chi connectivity index (χ2v) is 7.39. The number of nitrogens with two attached hydrogens (primary N) is 1. The van der Waals surface area contributed by atoms with Crippen molar-refractivity contribution in [1.82, 2.24) is 16.0 Å². The van der Waals surface area contributed by atoms with Gasteiger partial charge in [0.15, 0.2) is 0 Å². The Hall–Kier alpha value is -2.69. The minimum Gasteiger partial charge on any atom is -0.481 e. The predicted octanol–water partition coefficient (Wildman–Crippen LogP) is -0.559. The lowest BCUT2D eigenvalue weighted by molar-refractivity contribution is -0.140. The van der Waals surface area contributed by atoms with Gasteiger partial charge in [-0.05, 0) is 18.3 Å². The average Bonchev–Trinajstić information content (AvgIpc) is 2.70. The van der Waals surface area contributed by atoms with Crippen LogP contribution >= 0.6 is 0 Å². The molecule has 0 rings (SSSR count). The van der Waals surface area contributed by atoms with Crippen molar-refractivity contribution < 1.29 is 34.2 Å². The highest BCUT2D eigenvalue weighted by Crippen LogP contribution is 2.12. The Balaban J connectivity index is 5.39. The van der Waals surface area contributed by atoms with Gasteiger partial charge in [-0.2, -0.15) is 0 Å². The van der Waals surface area contributed by atoms with Gasteiger partial charge in [0.05, 0.1) is 6.04 Å². The molecule has 5 unspecified atom stereocenters. The topological polar surface area (TPSA) is 188 Å². The summed E-state index contributed by atoms with van der Waals surface area (Å²) < 4.78 is 0. The highest BCUT2D eigenvalue weighted by atomic mass is 16.4. The lowest BCUT2D eigenvalue weighted by Crippen LogP contribution is -2.58. The van der Waals surface area contributed by atoms with E-state index in [1.807, 2.05) is 20.8 Å². The smallest absolute Gasteiger partial charge is 0.322 e. The number of aliphatic carboxylic acids is 2. The van der Waals surface area contributed by atoms with E-state index < -0.39 is 60.8 Å². The Bertz CT molecular complexity index is 626. The van der Waals surface area contributed by atoms with Gasteiger partial charge in [-0.25, -0.2) is 0 Å². The van der Waals surface area contributed by atoms with Crippen LogP contribution in [0, 0.1) is 11.8 Å². The fourth-order valence-electron chi connectivity index (χ4n) is 2.55. The Kier molecular flexibility index (Phi) is 12.3. The zero-order valence-corrected chi connectivity index (χ0v) is 17.9. The molecule has 0 spiro atoms. The van der Waals surface area contributed by atoms with E-state index in [0.717, 1.165) is 0 Å². The van der Waals surface area contributed by atoms with Crippen LogP contribution in [-0.2, 0) is 24.0 Å². The van der Waals surface area contributed by atoms with E-state index in [4.69, 9.17) is 15.9 Å². The Labute approximate surface area is 176 Å². The number of carboxylic acid groups (broad SMARTS) is 2. The molecule has 0 aromatic rings. The molecule has 0 heterocycles. The number of carbonyl (C=O) groups is 5. The summed E-state index contributed by atoms with van der Waals surface area (Å²) in [7, 11) is 0. The summed E-state index contributed by atoms with van der Waals surface area (Å²) in [5.74, 6) is -4.84. The van der Waals surface area contributed by atoms with Crippen molar-refractivity contribution >= 4 is 29.7 Å². The van der Waals surface area contributed by atoms with Crippen LogP contribution in [0.15, 0.2) is 0 Å². The third-order valence-corrected chi connectivity index (χ3v) is 5.05. The first-order valence-corrected chi connectivity index (χ1v) is 10.0. The quantitative estimate of drug-likeness (QED) is 0.211. The van der Waals surface area contributed by atoms with Crippen LogP contribution in [-0.4, -0.2) is 64.5 Å². The highest BCUT2D eigenvalue weighted by molar-refractivity contribution is 5.94. The van der Waals surface area contributed by atoms with Crippen LogP contribution in [0.4, 0.5) is 0 Å². The van der Waals surface area contributed by atoms with Gasteiger partial charge >= 0.3 is 11.9 Å². The maximum absolute atomic E-state index is 12.8. The van der Waals surface area contributed by atoms with E-state index in [9.17, 15) is 24.0 Å². The first kappa shape index (κ1) is 27.3. The molecule has 0 fully saturated rings. The van der Waals surface area contributed by atoms with Crippen molar-refractivity contribution in [3.63, 3.8) is 0 Å². The fraction of sp³-hybridized carbons (Fsp3) is 0.737. The molecule has 0 aromatic heterocycles. The van der Waals surface area contributed by atoms with Gasteiger partial charge in [0.25, 0.3) is 0 Å². The van der Waals surface area contributed by atoms with Gasteiger partial charge in [0.2, 0.25) is 17.7 Å². The summed E-state index contributed by atoms with van der Waals surface area (Å²) in [5.41, 5.74) is 5.93. The number of carbonyl (C=O) groups excluding carboxylic acids is 3. The fourth-order valence-corrected chi connectivity index (χ4v) is 2.55. The summed E-state index contributed by atoms with van der Waals surface area (Å²) in [6.45, 7) is 6.60. The molecule has 0 bridgehead atoms. The van der Waals surface area contributed by atoms with Crippen LogP contribution < -0.4 is 21.7 Å². The third kappa shape index (κ3) is 9.68. The molecule has 0 aromatic carbocycles. The van der Waals surface area contributed by atoms with Gasteiger partial charge in [-0.1, -0.05) is 40.5 Å². The van der Waals surface area contributed by atoms with Crippen LogP contribution in [0.2, 0.25) is 0 Å². The lowest BCUT2D eigenvalue weighted by atomic mass is 9.95. The van der Waals surface area contributed by atoms with Crippen LogP contribution in [0.25, 0.3) is 0 Å². The van der Waals surface area contributed by atoms with Crippen LogP contribution in [0.1, 0.15) is 53.4 Å². The van der Waals surface area contributed by atoms with Crippen molar-refractivity contribution in [2.24, 2.45) is 17.6 Å². The van der Waals surface area contributed by atoms with E-state index in [0.29, 0.717) is 12.8 Å². The first-order valence-electron chi connectivity index (χ1n) is 10.0. The summed E-state index contributed by atoms with van der Waals surface area (Å²) in [4.78, 5) is 59.0. The standard InChI is InChI=1S/C19H34N4O7/c1-5-10(3)15(20)18(29)23-16(11(4)6-2)19(30)22-12(7-8-13(24)25)17(28)21-9-14(26)27/h10-12,15-16H,5-9,20H2,1-4H3,(H,21,28)(H,22,30)(H,23,29)(H,24,25)(H,26,27). The Morgan fingerprint density at radius 1 is 0.833 bits per heavy atom. The molecule has 30 heavy (non-hydrogen) atoms. The SMILES string of the molecule is CCC(C)C(N)C(=O)NC(C(=O)NC(CCC(=O)O)C(=O)NCC(=O)O)C(C)CC. The number of rotatable bonds is 14. The van der Waals surface area contributed by atoms with Crippen molar-refractivity contribution in [3.05, 3.63) is 0 Å². The van der Waals surface area contributed by atoms with E-state index in [1.54, 1.807) is 6.92 Å². The van der Waals surface area contributed by atoms with Gasteiger partial charge in [0, 0.05) is 6.42 Å². The zero-order valence-electron chi connectivity index (χ0n) is 17.9. The van der Waals surface area contributed by atoms with Crippen molar-refractivity contribution in [3.8, 4) is 0 Å². The monoisotopic (exact) mass is 430 g/mol. The number of hydrogen-bond acceptors (Lipinski definition) is 6. The maximum Gasteiger partial charge on any atom is 0.322 e. The largest absolute Gasteiger partial charge is 0.481 e. The molecule has 0 aliphatic rings. The Morgan fingerprint density at radius 2 is 1.40 bits per heavy atom. The second-order valence-electron chi connectivity index (χ2n) is 7.39. The normalized spacial score (nSPS) is 15.8. The molecule has 3 amide bonds. The number of carboxylic acids is 2. The molecule has 7 N–H and O–H groups in total. The molecular formula is C19H34N4O7. The number of hydrogen-bond donors (Lipinski definition) is 6. The summed E-state index contributed by atoms with van der Waals surface area (Å²) in [6.07, 6.45) is 0.572. The summed E-state index contributed by atoms with van der Waals surface area (Å²) >= 11 is 0. The molecule has 0 aliphatic heterocycles. The molecule has 0 radical (unpaired) electrons. The first-order chi connectivity index (χ1) is 13.9. The van der Waals surface area contributed by atoms with E-state index in [2.05, 4.69) is 16.0 Å². The van der Waals surface area contributed by atoms with Gasteiger partial charge < -0.3 is 31.9 Å². The minimum absolute atomic E-state index is 0.101. The molecule has 172 valence electrons. The van der Waals surface area contributed by atoms with Crippen molar-refractivity contribution in [2.75, 3.05) is 6.54 Å². The van der Waals surface area contributed by atoms with Crippen LogP contribution in [0.5, 0.6) is 0 Å². The number of nitrogens with one attached hydrogen (secondary N) is 3. The molecule has 11 nitrogen and oxygen atoms in total. The Morgan fingerprint density at radius 3 is 1.87 bits per heavy atom. The maximum atomic E-state index is 12.8. The third-order valence-electron chi connectivity index (χ3n) is 5.05. The van der Waals surface area contributed by atoms with E-state index >= 15 is 0 Å². The summed E-state index contributed by atoms with van der Waals surface area (Å²) in [6, 6.07) is -3.06. The zero-order chi connectivity index (χ0) is 23.4. The van der Waals surface area contributed by atoms with E-state index in [1.165, 1.54) is 0 Å².